The molecule has 1 unspecified atom stereocenters. The lowest BCUT2D eigenvalue weighted by molar-refractivity contribution is -0.143. The molecule has 1 amide bonds. The van der Waals surface area contributed by atoms with E-state index in [9.17, 15) is 9.59 Å². The highest BCUT2D eigenvalue weighted by Crippen LogP contribution is 2.33. The summed E-state index contributed by atoms with van der Waals surface area (Å²) in [7, 11) is 0. The summed E-state index contributed by atoms with van der Waals surface area (Å²) in [4.78, 5) is 26.5. The maximum Gasteiger partial charge on any atom is 0.316 e. The van der Waals surface area contributed by atoms with E-state index in [-0.39, 0.29) is 30.3 Å². The second kappa shape index (κ2) is 7.39. The molecule has 1 aliphatic carbocycles. The molecule has 3 rings (SSSR count). The van der Waals surface area contributed by atoms with Gasteiger partial charge in [-0.05, 0) is 37.8 Å². The van der Waals surface area contributed by atoms with Crippen molar-refractivity contribution in [3.05, 3.63) is 24.3 Å². The SMILES string of the molecule is C#CCOc1ccccc1OC(=O)C1CCCN(C(=O)C2CC2)C1. The van der Waals surface area contributed by atoms with Crippen molar-refractivity contribution in [1.82, 2.24) is 4.90 Å². The van der Waals surface area contributed by atoms with Crippen molar-refractivity contribution >= 4 is 11.9 Å². The molecular formula is C19H21NO4. The van der Waals surface area contributed by atoms with E-state index in [0.717, 1.165) is 32.2 Å². The number of carbonyl (C=O) groups is 2. The van der Waals surface area contributed by atoms with Gasteiger partial charge in [0.15, 0.2) is 11.5 Å². The van der Waals surface area contributed by atoms with E-state index in [1.807, 2.05) is 4.90 Å². The summed E-state index contributed by atoms with van der Waals surface area (Å²) in [6, 6.07) is 6.96. The number of hydrogen-bond donors (Lipinski definition) is 0. The molecule has 0 spiro atoms. The van der Waals surface area contributed by atoms with Crippen LogP contribution in [0.3, 0.4) is 0 Å². The third-order valence-electron chi connectivity index (χ3n) is 4.36. The predicted molar refractivity (Wildman–Crippen MR) is 88.4 cm³/mol. The number of carbonyl (C=O) groups excluding carboxylic acids is 2. The maximum atomic E-state index is 12.5. The number of nitrogens with zero attached hydrogens (tertiary/aromatic N) is 1. The number of para-hydroxylation sites is 2. The quantitative estimate of drug-likeness (QED) is 0.473. The summed E-state index contributed by atoms with van der Waals surface area (Å²) >= 11 is 0. The second-order valence-electron chi connectivity index (χ2n) is 6.26. The molecule has 1 atom stereocenters. The van der Waals surface area contributed by atoms with Crippen LogP contribution in [0.1, 0.15) is 25.7 Å². The van der Waals surface area contributed by atoms with E-state index in [4.69, 9.17) is 15.9 Å². The molecule has 0 radical (unpaired) electrons. The lowest BCUT2D eigenvalue weighted by Gasteiger charge is -2.31. The Kier molecular flexibility index (Phi) is 5.05. The number of hydrogen-bond acceptors (Lipinski definition) is 4. The number of benzene rings is 1. The zero-order valence-electron chi connectivity index (χ0n) is 13.6. The molecule has 0 bridgehead atoms. The van der Waals surface area contributed by atoms with E-state index in [2.05, 4.69) is 5.92 Å². The van der Waals surface area contributed by atoms with Crippen LogP contribution in [0.25, 0.3) is 0 Å². The molecule has 1 aromatic rings. The van der Waals surface area contributed by atoms with E-state index in [1.165, 1.54) is 0 Å². The monoisotopic (exact) mass is 327 g/mol. The minimum Gasteiger partial charge on any atom is -0.477 e. The number of esters is 1. The first-order chi connectivity index (χ1) is 11.7. The number of amides is 1. The van der Waals surface area contributed by atoms with Gasteiger partial charge in [-0.1, -0.05) is 18.1 Å². The molecule has 1 saturated carbocycles. The molecule has 0 aromatic heterocycles. The molecule has 1 aromatic carbocycles. The van der Waals surface area contributed by atoms with Crippen LogP contribution in [-0.2, 0) is 9.59 Å². The second-order valence-corrected chi connectivity index (χ2v) is 6.26. The van der Waals surface area contributed by atoms with Crippen molar-refractivity contribution in [3.63, 3.8) is 0 Å². The predicted octanol–water partition coefficient (Wildman–Crippen LogP) is 2.25. The van der Waals surface area contributed by atoms with Crippen molar-refractivity contribution in [1.29, 1.82) is 0 Å². The molecule has 24 heavy (non-hydrogen) atoms. The van der Waals surface area contributed by atoms with Crippen LogP contribution in [0.2, 0.25) is 0 Å². The zero-order chi connectivity index (χ0) is 16.9. The Bertz CT molecular complexity index is 660. The van der Waals surface area contributed by atoms with Gasteiger partial charge in [-0.25, -0.2) is 0 Å². The Labute approximate surface area is 141 Å². The molecule has 0 N–H and O–H groups in total. The van der Waals surface area contributed by atoms with Crippen LogP contribution < -0.4 is 9.47 Å². The summed E-state index contributed by atoms with van der Waals surface area (Å²) < 4.78 is 10.9. The smallest absolute Gasteiger partial charge is 0.316 e. The van der Waals surface area contributed by atoms with Gasteiger partial charge in [0, 0.05) is 19.0 Å². The highest BCUT2D eigenvalue weighted by Gasteiger charge is 2.37. The first kappa shape index (κ1) is 16.4. The summed E-state index contributed by atoms with van der Waals surface area (Å²) in [5, 5.41) is 0. The van der Waals surface area contributed by atoms with Crippen molar-refractivity contribution in [2.75, 3.05) is 19.7 Å². The van der Waals surface area contributed by atoms with Gasteiger partial charge in [-0.15, -0.1) is 6.42 Å². The molecular weight excluding hydrogens is 306 g/mol. The van der Waals surface area contributed by atoms with Crippen molar-refractivity contribution in [2.45, 2.75) is 25.7 Å². The molecule has 2 aliphatic rings. The standard InChI is InChI=1S/C19H21NO4/c1-2-12-23-16-7-3-4-8-17(16)24-19(22)15-6-5-11-20(13-15)18(21)14-9-10-14/h1,3-4,7-8,14-15H,5-6,9-13H2. The van der Waals surface area contributed by atoms with E-state index >= 15 is 0 Å². The van der Waals surface area contributed by atoms with E-state index in [1.54, 1.807) is 24.3 Å². The number of likely N-dealkylation sites (tertiary alicyclic amines) is 1. The fraction of sp³-hybridized carbons (Fsp3) is 0.474. The fourth-order valence-electron chi connectivity index (χ4n) is 2.92. The van der Waals surface area contributed by atoms with Crippen LogP contribution in [-0.4, -0.2) is 36.5 Å². The number of rotatable bonds is 5. The molecule has 2 fully saturated rings. The van der Waals surface area contributed by atoms with Gasteiger partial charge < -0.3 is 14.4 Å². The summed E-state index contributed by atoms with van der Waals surface area (Å²) in [5.41, 5.74) is 0. The van der Waals surface area contributed by atoms with Gasteiger partial charge in [0.2, 0.25) is 5.91 Å². The summed E-state index contributed by atoms with van der Waals surface area (Å²) in [6.07, 6.45) is 8.71. The lowest BCUT2D eigenvalue weighted by Crippen LogP contribution is -2.44. The molecule has 1 saturated heterocycles. The number of ether oxygens (including phenoxy) is 2. The van der Waals surface area contributed by atoms with Crippen LogP contribution in [0.15, 0.2) is 24.3 Å². The van der Waals surface area contributed by atoms with Gasteiger partial charge in [-0.2, -0.15) is 0 Å². The molecule has 1 heterocycles. The lowest BCUT2D eigenvalue weighted by atomic mass is 9.98. The van der Waals surface area contributed by atoms with E-state index < -0.39 is 0 Å². The maximum absolute atomic E-state index is 12.5. The van der Waals surface area contributed by atoms with Crippen LogP contribution in [0.5, 0.6) is 11.5 Å². The molecule has 126 valence electrons. The largest absolute Gasteiger partial charge is 0.477 e. The Hall–Kier alpha value is -2.48. The van der Waals surface area contributed by atoms with Crippen LogP contribution in [0.4, 0.5) is 0 Å². The van der Waals surface area contributed by atoms with Crippen molar-refractivity contribution in [2.24, 2.45) is 11.8 Å². The Morgan fingerprint density at radius 2 is 1.92 bits per heavy atom. The highest BCUT2D eigenvalue weighted by molar-refractivity contribution is 5.82. The van der Waals surface area contributed by atoms with Crippen molar-refractivity contribution < 1.29 is 19.1 Å². The number of terminal acetylenes is 1. The van der Waals surface area contributed by atoms with Crippen LogP contribution in [0, 0.1) is 24.2 Å². The summed E-state index contributed by atoms with van der Waals surface area (Å²) in [6.45, 7) is 1.30. The van der Waals surface area contributed by atoms with Gasteiger partial charge in [0.1, 0.15) is 6.61 Å². The highest BCUT2D eigenvalue weighted by atomic mass is 16.6. The fourth-order valence-corrected chi connectivity index (χ4v) is 2.92. The van der Waals surface area contributed by atoms with Gasteiger partial charge >= 0.3 is 5.97 Å². The third-order valence-corrected chi connectivity index (χ3v) is 4.36. The average molecular weight is 327 g/mol. The topological polar surface area (TPSA) is 55.8 Å². The molecule has 5 nitrogen and oxygen atoms in total. The number of piperidine rings is 1. The summed E-state index contributed by atoms with van der Waals surface area (Å²) in [5.74, 6) is 2.96. The Morgan fingerprint density at radius 1 is 1.17 bits per heavy atom. The average Bonchev–Trinajstić information content (AvgIpc) is 3.45. The van der Waals surface area contributed by atoms with Gasteiger partial charge in [-0.3, -0.25) is 9.59 Å². The third kappa shape index (κ3) is 3.88. The first-order valence-electron chi connectivity index (χ1n) is 8.35. The van der Waals surface area contributed by atoms with Gasteiger partial charge in [0.25, 0.3) is 0 Å². The zero-order valence-corrected chi connectivity index (χ0v) is 13.6. The normalized spacial score (nSPS) is 20.1. The Balaban J connectivity index is 1.62. The molecule has 1 aliphatic heterocycles. The van der Waals surface area contributed by atoms with E-state index in [0.29, 0.717) is 18.0 Å². The van der Waals surface area contributed by atoms with Crippen LogP contribution >= 0.6 is 0 Å². The first-order valence-corrected chi connectivity index (χ1v) is 8.35. The van der Waals surface area contributed by atoms with Gasteiger partial charge in [0.05, 0.1) is 5.92 Å². The minimum absolute atomic E-state index is 0.113. The minimum atomic E-state index is -0.319. The molecule has 5 heteroatoms. The van der Waals surface area contributed by atoms with Crippen molar-refractivity contribution in [3.8, 4) is 23.8 Å². The Morgan fingerprint density at radius 3 is 2.62 bits per heavy atom.